The highest BCUT2D eigenvalue weighted by atomic mass is 32.1. The van der Waals surface area contributed by atoms with E-state index in [4.69, 9.17) is 9.47 Å². The Morgan fingerprint density at radius 3 is 2.30 bits per heavy atom. The molecule has 1 aromatic carbocycles. The number of hydrogen-bond donors (Lipinski definition) is 2. The Morgan fingerprint density at radius 1 is 1.06 bits per heavy atom. The summed E-state index contributed by atoms with van der Waals surface area (Å²) in [5.74, 6) is 1.43. The number of carbonyl (C=O) groups is 3. The number of rotatable bonds is 6. The molecule has 0 radical (unpaired) electrons. The third kappa shape index (κ3) is 4.73. The van der Waals surface area contributed by atoms with Crippen molar-refractivity contribution in [3.05, 3.63) is 35.3 Å². The van der Waals surface area contributed by atoms with Crippen molar-refractivity contribution in [3.63, 3.8) is 0 Å². The average molecular weight is 470 g/mol. The first kappa shape index (κ1) is 21.9. The third-order valence-electron chi connectivity index (χ3n) is 7.05. The van der Waals surface area contributed by atoms with Crippen LogP contribution in [0.1, 0.15) is 49.0 Å². The second-order valence-corrected chi connectivity index (χ2v) is 10.4. The molecule has 4 bridgehead atoms. The zero-order valence-electron chi connectivity index (χ0n) is 18.5. The number of esters is 1. The van der Waals surface area contributed by atoms with Gasteiger partial charge in [-0.3, -0.25) is 10.1 Å². The van der Waals surface area contributed by atoms with Crippen molar-refractivity contribution in [2.24, 2.45) is 17.8 Å². The molecule has 6 rings (SSSR count). The molecule has 4 fully saturated rings. The van der Waals surface area contributed by atoms with Crippen molar-refractivity contribution < 1.29 is 23.9 Å². The van der Waals surface area contributed by atoms with Crippen LogP contribution in [-0.4, -0.2) is 42.1 Å². The number of aromatic nitrogens is 1. The number of ether oxygens (including phenoxy) is 2. The summed E-state index contributed by atoms with van der Waals surface area (Å²) < 4.78 is 10.2. The van der Waals surface area contributed by atoms with Gasteiger partial charge in [-0.05, 0) is 80.5 Å². The Balaban J connectivity index is 1.10. The SMILES string of the molecule is COc1ccc(-c2nc(C(=O)OCC(=O)NC(=O)NC34CC5CC(CC(C5)C3)C4)cs2)cc1. The molecule has 2 N–H and O–H groups in total. The monoisotopic (exact) mass is 469 g/mol. The number of methoxy groups -OCH3 is 1. The number of nitrogens with one attached hydrogen (secondary N) is 2. The first-order valence-electron chi connectivity index (χ1n) is 11.3. The van der Waals surface area contributed by atoms with Crippen molar-refractivity contribution >= 4 is 29.2 Å². The number of amides is 3. The number of hydrogen-bond acceptors (Lipinski definition) is 7. The van der Waals surface area contributed by atoms with Crippen LogP contribution in [0.5, 0.6) is 5.75 Å². The molecular weight excluding hydrogens is 442 g/mol. The largest absolute Gasteiger partial charge is 0.497 e. The van der Waals surface area contributed by atoms with E-state index in [0.717, 1.165) is 30.6 Å². The average Bonchev–Trinajstić information content (AvgIpc) is 3.26. The van der Waals surface area contributed by atoms with E-state index in [0.29, 0.717) is 22.8 Å². The lowest BCUT2D eigenvalue weighted by molar-refractivity contribution is -0.123. The first-order valence-corrected chi connectivity index (χ1v) is 12.2. The molecule has 3 amide bonds. The quantitative estimate of drug-likeness (QED) is 0.624. The van der Waals surface area contributed by atoms with Gasteiger partial charge in [-0.15, -0.1) is 11.3 Å². The van der Waals surface area contributed by atoms with Crippen molar-refractivity contribution in [3.8, 4) is 16.3 Å². The van der Waals surface area contributed by atoms with Crippen LogP contribution in [0.4, 0.5) is 4.79 Å². The van der Waals surface area contributed by atoms with Gasteiger partial charge in [0.25, 0.3) is 5.91 Å². The number of nitrogens with zero attached hydrogens (tertiary/aromatic N) is 1. The van der Waals surface area contributed by atoms with Gasteiger partial charge >= 0.3 is 12.0 Å². The van der Waals surface area contributed by atoms with E-state index in [1.165, 1.54) is 30.6 Å². The second-order valence-electron chi connectivity index (χ2n) is 9.54. The molecule has 0 atom stereocenters. The van der Waals surface area contributed by atoms with E-state index in [9.17, 15) is 14.4 Å². The summed E-state index contributed by atoms with van der Waals surface area (Å²) in [6.07, 6.45) is 6.80. The number of urea groups is 1. The summed E-state index contributed by atoms with van der Waals surface area (Å²) in [4.78, 5) is 41.2. The summed E-state index contributed by atoms with van der Waals surface area (Å²) in [6.45, 7) is -0.539. The minimum Gasteiger partial charge on any atom is -0.497 e. The van der Waals surface area contributed by atoms with Crippen LogP contribution >= 0.6 is 11.3 Å². The summed E-state index contributed by atoms with van der Waals surface area (Å²) in [5, 5.41) is 7.62. The fourth-order valence-electron chi connectivity index (χ4n) is 6.14. The van der Waals surface area contributed by atoms with Crippen LogP contribution in [0.3, 0.4) is 0 Å². The Labute approximate surface area is 196 Å². The van der Waals surface area contributed by atoms with Gasteiger partial charge in [-0.2, -0.15) is 0 Å². The lowest BCUT2D eigenvalue weighted by Crippen LogP contribution is -2.62. The fourth-order valence-corrected chi connectivity index (χ4v) is 6.93. The highest BCUT2D eigenvalue weighted by molar-refractivity contribution is 7.13. The van der Waals surface area contributed by atoms with Gasteiger partial charge in [0.15, 0.2) is 12.3 Å². The second kappa shape index (κ2) is 8.78. The van der Waals surface area contributed by atoms with Crippen molar-refractivity contribution in [1.82, 2.24) is 15.6 Å². The molecule has 4 aliphatic rings. The van der Waals surface area contributed by atoms with E-state index >= 15 is 0 Å². The molecule has 2 aromatic rings. The van der Waals surface area contributed by atoms with E-state index in [1.54, 1.807) is 12.5 Å². The smallest absolute Gasteiger partial charge is 0.358 e. The van der Waals surface area contributed by atoms with Gasteiger partial charge < -0.3 is 14.8 Å². The van der Waals surface area contributed by atoms with E-state index in [-0.39, 0.29) is 11.2 Å². The Bertz CT molecular complexity index is 1030. The maximum Gasteiger partial charge on any atom is 0.358 e. The first-order chi connectivity index (χ1) is 15.9. The maximum atomic E-state index is 12.5. The number of carbonyl (C=O) groups excluding carboxylic acids is 3. The summed E-state index contributed by atoms with van der Waals surface area (Å²) >= 11 is 1.30. The summed E-state index contributed by atoms with van der Waals surface area (Å²) in [5.41, 5.74) is 0.782. The van der Waals surface area contributed by atoms with Crippen LogP contribution < -0.4 is 15.4 Å². The molecule has 0 unspecified atom stereocenters. The normalized spacial score (nSPS) is 27.1. The minimum atomic E-state index is -0.706. The Hall–Kier alpha value is -2.94. The van der Waals surface area contributed by atoms with E-state index < -0.39 is 24.5 Å². The molecule has 174 valence electrons. The van der Waals surface area contributed by atoms with Crippen LogP contribution in [-0.2, 0) is 9.53 Å². The summed E-state index contributed by atoms with van der Waals surface area (Å²) in [7, 11) is 1.59. The van der Waals surface area contributed by atoms with Gasteiger partial charge in [-0.1, -0.05) is 0 Å². The summed E-state index contributed by atoms with van der Waals surface area (Å²) in [6, 6.07) is 6.82. The molecule has 1 heterocycles. The molecule has 0 saturated heterocycles. The third-order valence-corrected chi connectivity index (χ3v) is 7.95. The van der Waals surface area contributed by atoms with E-state index in [1.807, 2.05) is 24.3 Å². The lowest BCUT2D eigenvalue weighted by atomic mass is 9.53. The van der Waals surface area contributed by atoms with Crippen molar-refractivity contribution in [2.45, 2.75) is 44.1 Å². The van der Waals surface area contributed by atoms with Gasteiger partial charge in [0.05, 0.1) is 7.11 Å². The molecule has 9 heteroatoms. The Morgan fingerprint density at radius 2 is 1.70 bits per heavy atom. The number of imide groups is 1. The van der Waals surface area contributed by atoms with Gasteiger partial charge in [0.1, 0.15) is 10.8 Å². The highest BCUT2D eigenvalue weighted by Crippen LogP contribution is 2.55. The van der Waals surface area contributed by atoms with Crippen LogP contribution in [0.2, 0.25) is 0 Å². The molecule has 33 heavy (non-hydrogen) atoms. The molecular formula is C24H27N3O5S. The van der Waals surface area contributed by atoms with Gasteiger partial charge in [0, 0.05) is 16.5 Å². The van der Waals surface area contributed by atoms with Crippen molar-refractivity contribution in [1.29, 1.82) is 0 Å². The molecule has 4 saturated carbocycles. The van der Waals surface area contributed by atoms with Crippen LogP contribution in [0.15, 0.2) is 29.6 Å². The van der Waals surface area contributed by atoms with Gasteiger partial charge in [0.2, 0.25) is 0 Å². The topological polar surface area (TPSA) is 107 Å². The van der Waals surface area contributed by atoms with Crippen molar-refractivity contribution in [2.75, 3.05) is 13.7 Å². The molecule has 8 nitrogen and oxygen atoms in total. The minimum absolute atomic E-state index is 0.122. The van der Waals surface area contributed by atoms with Gasteiger partial charge in [-0.25, -0.2) is 14.6 Å². The molecule has 0 aliphatic heterocycles. The van der Waals surface area contributed by atoms with Crippen LogP contribution in [0.25, 0.3) is 10.6 Å². The van der Waals surface area contributed by atoms with Crippen LogP contribution in [0, 0.1) is 17.8 Å². The number of thiazole rings is 1. The maximum absolute atomic E-state index is 12.5. The molecule has 4 aliphatic carbocycles. The standard InChI is InChI=1S/C24H27N3O5S/c1-31-18-4-2-17(3-5-18)21-25-19(13-33-21)22(29)32-12-20(28)26-23(30)27-24-9-14-6-15(10-24)8-16(7-14)11-24/h2-5,13-16H,6-12H2,1H3,(H2,26,27,28,30). The zero-order valence-corrected chi connectivity index (χ0v) is 19.3. The molecule has 1 aromatic heterocycles. The molecule has 0 spiro atoms. The fraction of sp³-hybridized carbons (Fsp3) is 0.500. The predicted molar refractivity (Wildman–Crippen MR) is 122 cm³/mol. The van der Waals surface area contributed by atoms with E-state index in [2.05, 4.69) is 15.6 Å². The Kier molecular flexibility index (Phi) is 5.82. The zero-order chi connectivity index (χ0) is 23.0. The lowest BCUT2D eigenvalue weighted by Gasteiger charge is -2.56. The highest BCUT2D eigenvalue weighted by Gasteiger charge is 2.51. The number of benzene rings is 1. The predicted octanol–water partition coefficient (Wildman–Crippen LogP) is 3.77.